The minimum Gasteiger partial charge on any atom is -0.373 e. The molecule has 1 heterocycles. The molecule has 0 aliphatic rings. The summed E-state index contributed by atoms with van der Waals surface area (Å²) < 4.78 is 6.90. The van der Waals surface area contributed by atoms with Crippen molar-refractivity contribution in [1.82, 2.24) is 9.78 Å². The van der Waals surface area contributed by atoms with Crippen molar-refractivity contribution in [3.63, 3.8) is 0 Å². The minimum atomic E-state index is -0.0851. The van der Waals surface area contributed by atoms with Crippen LogP contribution in [0.4, 0.5) is 0 Å². The van der Waals surface area contributed by atoms with Crippen molar-refractivity contribution in [2.24, 2.45) is 0 Å². The maximum Gasteiger partial charge on any atom is 0.208 e. The van der Waals surface area contributed by atoms with Crippen molar-refractivity contribution in [3.05, 3.63) is 48.3 Å². The van der Waals surface area contributed by atoms with Gasteiger partial charge in [0.05, 0.1) is 5.69 Å². The Hall–Kier alpha value is -1.94. The summed E-state index contributed by atoms with van der Waals surface area (Å²) in [5, 5.41) is 4.25. The van der Waals surface area contributed by atoms with Gasteiger partial charge in [0.2, 0.25) is 5.78 Å². The fourth-order valence-electron chi connectivity index (χ4n) is 1.58. The summed E-state index contributed by atoms with van der Waals surface area (Å²) >= 11 is 0. The van der Waals surface area contributed by atoms with Gasteiger partial charge in [-0.2, -0.15) is 5.10 Å². The molecular weight excluding hydrogens is 228 g/mol. The van der Waals surface area contributed by atoms with E-state index in [1.54, 1.807) is 16.9 Å². The quantitative estimate of drug-likeness (QED) is 0.579. The van der Waals surface area contributed by atoms with Gasteiger partial charge in [0.25, 0.3) is 0 Å². The van der Waals surface area contributed by atoms with Crippen LogP contribution in [-0.4, -0.2) is 28.8 Å². The Morgan fingerprint density at radius 2 is 2.06 bits per heavy atom. The second-order valence-corrected chi connectivity index (χ2v) is 3.96. The SMILES string of the molecule is CCCOCC(=O)c1ccn(-c2ccccc2)n1. The molecular formula is C14H16N2O2. The third-order valence-corrected chi connectivity index (χ3v) is 2.48. The first kappa shape index (κ1) is 12.5. The minimum absolute atomic E-state index is 0.0851. The standard InChI is InChI=1S/C14H16N2O2/c1-2-10-18-11-14(17)13-8-9-16(15-13)12-6-4-3-5-7-12/h3-9H,2,10-11H2,1H3. The molecule has 94 valence electrons. The lowest BCUT2D eigenvalue weighted by Crippen LogP contribution is -2.10. The van der Waals surface area contributed by atoms with E-state index in [9.17, 15) is 4.79 Å². The number of aromatic nitrogens is 2. The summed E-state index contributed by atoms with van der Waals surface area (Å²) in [4.78, 5) is 11.8. The van der Waals surface area contributed by atoms with Gasteiger partial charge in [-0.05, 0) is 24.6 Å². The Morgan fingerprint density at radius 1 is 1.28 bits per heavy atom. The lowest BCUT2D eigenvalue weighted by atomic mass is 10.3. The number of hydrogen-bond donors (Lipinski definition) is 0. The summed E-state index contributed by atoms with van der Waals surface area (Å²) in [6.45, 7) is 2.71. The third-order valence-electron chi connectivity index (χ3n) is 2.48. The highest BCUT2D eigenvalue weighted by Gasteiger charge is 2.10. The number of carbonyl (C=O) groups excluding carboxylic acids is 1. The second kappa shape index (κ2) is 6.12. The Kier molecular flexibility index (Phi) is 4.25. The van der Waals surface area contributed by atoms with E-state index in [0.29, 0.717) is 12.3 Å². The Labute approximate surface area is 106 Å². The molecule has 0 saturated heterocycles. The number of carbonyl (C=O) groups is 1. The van der Waals surface area contributed by atoms with Crippen LogP contribution < -0.4 is 0 Å². The van der Waals surface area contributed by atoms with Crippen LogP contribution in [-0.2, 0) is 4.74 Å². The predicted octanol–water partition coefficient (Wildman–Crippen LogP) is 2.48. The molecule has 0 aliphatic heterocycles. The maximum atomic E-state index is 11.8. The van der Waals surface area contributed by atoms with E-state index in [2.05, 4.69) is 5.10 Å². The number of nitrogens with zero attached hydrogens (tertiary/aromatic N) is 2. The van der Waals surface area contributed by atoms with Gasteiger partial charge in [0.15, 0.2) is 0 Å². The Balaban J connectivity index is 2.04. The highest BCUT2D eigenvalue weighted by atomic mass is 16.5. The number of benzene rings is 1. The lowest BCUT2D eigenvalue weighted by Gasteiger charge is -2.00. The normalized spacial score (nSPS) is 10.5. The van der Waals surface area contributed by atoms with Gasteiger partial charge in [-0.1, -0.05) is 25.1 Å². The van der Waals surface area contributed by atoms with Crippen molar-refractivity contribution in [3.8, 4) is 5.69 Å². The summed E-state index contributed by atoms with van der Waals surface area (Å²) in [6, 6.07) is 11.4. The molecule has 0 spiro atoms. The van der Waals surface area contributed by atoms with Gasteiger partial charge >= 0.3 is 0 Å². The van der Waals surface area contributed by atoms with Crippen LogP contribution in [0.3, 0.4) is 0 Å². The first-order chi connectivity index (χ1) is 8.81. The zero-order chi connectivity index (χ0) is 12.8. The summed E-state index contributed by atoms with van der Waals surface area (Å²) in [7, 11) is 0. The molecule has 0 radical (unpaired) electrons. The van der Waals surface area contributed by atoms with Gasteiger partial charge in [-0.25, -0.2) is 4.68 Å². The van der Waals surface area contributed by atoms with E-state index in [4.69, 9.17) is 4.74 Å². The van der Waals surface area contributed by atoms with Gasteiger partial charge in [-0.15, -0.1) is 0 Å². The van der Waals surface area contributed by atoms with Crippen molar-refractivity contribution in [1.29, 1.82) is 0 Å². The summed E-state index contributed by atoms with van der Waals surface area (Å²) in [5.74, 6) is -0.0851. The van der Waals surface area contributed by atoms with Gasteiger partial charge in [-0.3, -0.25) is 4.79 Å². The molecule has 4 nitrogen and oxygen atoms in total. The molecule has 2 aromatic rings. The molecule has 4 heteroatoms. The second-order valence-electron chi connectivity index (χ2n) is 3.96. The average molecular weight is 244 g/mol. The zero-order valence-corrected chi connectivity index (χ0v) is 10.4. The number of rotatable bonds is 6. The first-order valence-corrected chi connectivity index (χ1v) is 6.03. The number of ether oxygens (including phenoxy) is 1. The summed E-state index contributed by atoms with van der Waals surface area (Å²) in [5.41, 5.74) is 1.38. The molecule has 0 unspecified atom stereocenters. The fourth-order valence-corrected chi connectivity index (χ4v) is 1.58. The van der Waals surface area contributed by atoms with E-state index >= 15 is 0 Å². The number of ketones is 1. The van der Waals surface area contributed by atoms with Gasteiger partial charge in [0, 0.05) is 12.8 Å². The van der Waals surface area contributed by atoms with Crippen LogP contribution in [0.25, 0.3) is 5.69 Å². The highest BCUT2D eigenvalue weighted by molar-refractivity contribution is 5.95. The molecule has 1 aromatic carbocycles. The monoisotopic (exact) mass is 244 g/mol. The van der Waals surface area contributed by atoms with E-state index in [1.165, 1.54) is 0 Å². The molecule has 0 fully saturated rings. The highest BCUT2D eigenvalue weighted by Crippen LogP contribution is 2.07. The zero-order valence-electron chi connectivity index (χ0n) is 10.4. The molecule has 0 N–H and O–H groups in total. The van der Waals surface area contributed by atoms with Crippen LogP contribution in [0.2, 0.25) is 0 Å². The van der Waals surface area contributed by atoms with Crippen LogP contribution >= 0.6 is 0 Å². The average Bonchev–Trinajstić information content (AvgIpc) is 2.89. The van der Waals surface area contributed by atoms with Crippen LogP contribution in [0.5, 0.6) is 0 Å². The molecule has 0 atom stereocenters. The van der Waals surface area contributed by atoms with Gasteiger partial charge in [0.1, 0.15) is 12.3 Å². The molecule has 1 aromatic heterocycles. The number of Topliss-reactive ketones (excluding diaryl/α,β-unsaturated/α-hetero) is 1. The van der Waals surface area contributed by atoms with Crippen molar-refractivity contribution < 1.29 is 9.53 Å². The van der Waals surface area contributed by atoms with Crippen LogP contribution in [0, 0.1) is 0 Å². The molecule has 18 heavy (non-hydrogen) atoms. The van der Waals surface area contributed by atoms with Crippen molar-refractivity contribution >= 4 is 5.78 Å². The maximum absolute atomic E-state index is 11.8. The van der Waals surface area contributed by atoms with E-state index < -0.39 is 0 Å². The molecule has 0 aliphatic carbocycles. The van der Waals surface area contributed by atoms with Crippen LogP contribution in [0.15, 0.2) is 42.6 Å². The van der Waals surface area contributed by atoms with E-state index in [0.717, 1.165) is 12.1 Å². The van der Waals surface area contributed by atoms with Crippen LogP contribution in [0.1, 0.15) is 23.8 Å². The molecule has 0 bridgehead atoms. The predicted molar refractivity (Wildman–Crippen MR) is 69.0 cm³/mol. The summed E-state index contributed by atoms with van der Waals surface area (Å²) in [6.07, 6.45) is 2.69. The third kappa shape index (κ3) is 3.05. The van der Waals surface area contributed by atoms with E-state index in [-0.39, 0.29) is 12.4 Å². The first-order valence-electron chi connectivity index (χ1n) is 6.03. The van der Waals surface area contributed by atoms with E-state index in [1.807, 2.05) is 37.3 Å². The molecule has 2 rings (SSSR count). The topological polar surface area (TPSA) is 44.1 Å². The Bertz CT molecular complexity index is 506. The number of hydrogen-bond acceptors (Lipinski definition) is 3. The van der Waals surface area contributed by atoms with Gasteiger partial charge < -0.3 is 4.74 Å². The molecule has 0 saturated carbocycles. The molecule has 0 amide bonds. The fraction of sp³-hybridized carbons (Fsp3) is 0.286. The van der Waals surface area contributed by atoms with Crippen molar-refractivity contribution in [2.45, 2.75) is 13.3 Å². The lowest BCUT2D eigenvalue weighted by molar-refractivity contribution is 0.0756. The Morgan fingerprint density at radius 3 is 2.78 bits per heavy atom. The largest absolute Gasteiger partial charge is 0.373 e. The number of para-hydroxylation sites is 1. The smallest absolute Gasteiger partial charge is 0.208 e. The van der Waals surface area contributed by atoms with Crippen molar-refractivity contribution in [2.75, 3.05) is 13.2 Å².